The van der Waals surface area contributed by atoms with Gasteiger partial charge >= 0.3 is 0 Å². The normalized spacial score (nSPS) is 17.0. The van der Waals surface area contributed by atoms with E-state index in [1.54, 1.807) is 0 Å². The van der Waals surface area contributed by atoms with Crippen molar-refractivity contribution in [2.24, 2.45) is 0 Å². The zero-order valence-corrected chi connectivity index (χ0v) is 20.5. The van der Waals surface area contributed by atoms with Crippen LogP contribution < -0.4 is 0 Å². The van der Waals surface area contributed by atoms with E-state index in [4.69, 9.17) is 0 Å². The van der Waals surface area contributed by atoms with E-state index in [-0.39, 0.29) is 11.8 Å². The van der Waals surface area contributed by atoms with Crippen LogP contribution in [0.15, 0.2) is 66.7 Å². The van der Waals surface area contributed by atoms with Crippen LogP contribution in [0.25, 0.3) is 11.8 Å². The number of aromatic nitrogens is 1. The number of hydrogen-bond acceptors (Lipinski definition) is 4. The molecule has 0 radical (unpaired) electrons. The zero-order chi connectivity index (χ0) is 24.4. The molecule has 1 aromatic heterocycles. The SMILES string of the molecule is Cc1c2c(c(C)n1-c1ccccc1)C(=O)N(CCN1CCN(C/C=C/c3ccccc3)CC1)C2=O. The van der Waals surface area contributed by atoms with E-state index in [9.17, 15) is 9.59 Å². The second-order valence-electron chi connectivity index (χ2n) is 9.31. The minimum Gasteiger partial charge on any atom is -0.317 e. The number of amides is 2. The maximum absolute atomic E-state index is 13.2. The lowest BCUT2D eigenvalue weighted by Crippen LogP contribution is -2.48. The van der Waals surface area contributed by atoms with Crippen molar-refractivity contribution in [3.05, 3.63) is 94.8 Å². The second kappa shape index (κ2) is 10.0. The van der Waals surface area contributed by atoms with Gasteiger partial charge in [0.15, 0.2) is 0 Å². The summed E-state index contributed by atoms with van der Waals surface area (Å²) in [5.41, 5.74) is 4.99. The first-order valence-electron chi connectivity index (χ1n) is 12.3. The highest BCUT2D eigenvalue weighted by molar-refractivity contribution is 6.22. The molecule has 2 aromatic carbocycles. The molecular formula is C29H32N4O2. The predicted octanol–water partition coefficient (Wildman–Crippen LogP) is 4.02. The zero-order valence-electron chi connectivity index (χ0n) is 20.5. The van der Waals surface area contributed by atoms with E-state index in [1.165, 1.54) is 10.5 Å². The summed E-state index contributed by atoms with van der Waals surface area (Å²) < 4.78 is 2.02. The van der Waals surface area contributed by atoms with Gasteiger partial charge in [-0.05, 0) is 31.5 Å². The van der Waals surface area contributed by atoms with Crippen molar-refractivity contribution >= 4 is 17.9 Å². The van der Waals surface area contributed by atoms with Gasteiger partial charge in [0.2, 0.25) is 0 Å². The summed E-state index contributed by atoms with van der Waals surface area (Å²) in [7, 11) is 0. The number of carbonyl (C=O) groups excluding carboxylic acids is 2. The fraction of sp³-hybridized carbons (Fsp3) is 0.310. The number of imide groups is 1. The van der Waals surface area contributed by atoms with E-state index in [2.05, 4.69) is 46.2 Å². The van der Waals surface area contributed by atoms with Crippen LogP contribution in [0.4, 0.5) is 0 Å². The third-order valence-electron chi connectivity index (χ3n) is 7.16. The Bertz CT molecular complexity index is 1200. The summed E-state index contributed by atoms with van der Waals surface area (Å²) in [4.78, 5) is 32.7. The fourth-order valence-corrected chi connectivity index (χ4v) is 5.23. The van der Waals surface area contributed by atoms with E-state index >= 15 is 0 Å². The maximum Gasteiger partial charge on any atom is 0.263 e. The van der Waals surface area contributed by atoms with Gasteiger partial charge in [-0.15, -0.1) is 0 Å². The third-order valence-corrected chi connectivity index (χ3v) is 7.16. The lowest BCUT2D eigenvalue weighted by Gasteiger charge is -2.34. The average Bonchev–Trinajstić information content (AvgIpc) is 3.30. The van der Waals surface area contributed by atoms with Gasteiger partial charge in [-0.1, -0.05) is 60.7 Å². The van der Waals surface area contributed by atoms with Crippen molar-refractivity contribution in [1.82, 2.24) is 19.3 Å². The Balaban J connectivity index is 1.16. The number of fused-ring (bicyclic) bond motifs is 1. The number of benzene rings is 2. The molecule has 2 aliphatic heterocycles. The van der Waals surface area contributed by atoms with Crippen LogP contribution in [0, 0.1) is 13.8 Å². The molecule has 35 heavy (non-hydrogen) atoms. The monoisotopic (exact) mass is 468 g/mol. The van der Waals surface area contributed by atoms with Crippen molar-refractivity contribution in [1.29, 1.82) is 0 Å². The summed E-state index contributed by atoms with van der Waals surface area (Å²) in [5, 5.41) is 0. The number of nitrogens with zero attached hydrogens (tertiary/aromatic N) is 4. The lowest BCUT2D eigenvalue weighted by atomic mass is 10.1. The minimum atomic E-state index is -0.162. The van der Waals surface area contributed by atoms with Crippen LogP contribution in [0.2, 0.25) is 0 Å². The predicted molar refractivity (Wildman–Crippen MR) is 139 cm³/mol. The molecule has 0 unspecified atom stereocenters. The van der Waals surface area contributed by atoms with Gasteiger partial charge in [-0.25, -0.2) is 0 Å². The van der Waals surface area contributed by atoms with Crippen LogP contribution in [0.3, 0.4) is 0 Å². The van der Waals surface area contributed by atoms with Crippen LogP contribution in [0.1, 0.15) is 37.7 Å². The molecule has 3 heterocycles. The molecule has 3 aromatic rings. The van der Waals surface area contributed by atoms with Gasteiger partial charge in [-0.2, -0.15) is 0 Å². The van der Waals surface area contributed by atoms with E-state index in [0.717, 1.165) is 49.8 Å². The standard InChI is InChI=1S/C29H32N4O2/c1-22-26-27(23(2)33(22)25-13-7-4-8-14-25)29(35)32(28(26)34)21-20-31-18-16-30(17-19-31)15-9-12-24-10-5-3-6-11-24/h3-14H,15-21H2,1-2H3/b12-9+. The van der Waals surface area contributed by atoms with Crippen molar-refractivity contribution in [3.63, 3.8) is 0 Å². The Morgan fingerprint density at radius 1 is 0.714 bits per heavy atom. The summed E-state index contributed by atoms with van der Waals surface area (Å²) in [6, 6.07) is 20.2. The molecule has 5 rings (SSSR count). The first-order chi connectivity index (χ1) is 17.0. The van der Waals surface area contributed by atoms with Crippen molar-refractivity contribution in [3.8, 4) is 5.69 Å². The highest BCUT2D eigenvalue weighted by Gasteiger charge is 2.41. The Morgan fingerprint density at radius 2 is 1.26 bits per heavy atom. The Kier molecular flexibility index (Phi) is 6.66. The van der Waals surface area contributed by atoms with Gasteiger partial charge in [-0.3, -0.25) is 24.3 Å². The average molecular weight is 469 g/mol. The molecular weight excluding hydrogens is 436 g/mol. The van der Waals surface area contributed by atoms with Crippen LogP contribution in [-0.2, 0) is 0 Å². The van der Waals surface area contributed by atoms with Gasteiger partial charge in [0.05, 0.1) is 11.1 Å². The van der Waals surface area contributed by atoms with Gasteiger partial charge in [0.1, 0.15) is 0 Å². The quantitative estimate of drug-likeness (QED) is 0.492. The molecule has 0 N–H and O–H groups in total. The minimum absolute atomic E-state index is 0.162. The van der Waals surface area contributed by atoms with Crippen molar-refractivity contribution < 1.29 is 9.59 Å². The summed E-state index contributed by atoms with van der Waals surface area (Å²) in [5.74, 6) is -0.324. The Hall–Kier alpha value is -3.48. The van der Waals surface area contributed by atoms with E-state index < -0.39 is 0 Å². The molecule has 2 aliphatic rings. The third kappa shape index (κ3) is 4.59. The highest BCUT2D eigenvalue weighted by Crippen LogP contribution is 2.33. The lowest BCUT2D eigenvalue weighted by molar-refractivity contribution is 0.0616. The second-order valence-corrected chi connectivity index (χ2v) is 9.31. The molecule has 0 spiro atoms. The molecule has 0 saturated carbocycles. The number of hydrogen-bond donors (Lipinski definition) is 0. The molecule has 1 fully saturated rings. The van der Waals surface area contributed by atoms with Crippen LogP contribution in [-0.4, -0.2) is 76.9 Å². The van der Waals surface area contributed by atoms with Crippen molar-refractivity contribution in [2.45, 2.75) is 13.8 Å². The smallest absolute Gasteiger partial charge is 0.263 e. The van der Waals surface area contributed by atoms with Crippen LogP contribution >= 0.6 is 0 Å². The van der Waals surface area contributed by atoms with E-state index in [1.807, 2.05) is 54.8 Å². The number of piperazine rings is 1. The Morgan fingerprint density at radius 3 is 1.86 bits per heavy atom. The number of para-hydroxylation sites is 1. The van der Waals surface area contributed by atoms with Crippen LogP contribution in [0.5, 0.6) is 0 Å². The first kappa shape index (κ1) is 23.3. The summed E-state index contributed by atoms with van der Waals surface area (Å²) in [6.07, 6.45) is 4.39. The van der Waals surface area contributed by atoms with Gasteiger partial charge < -0.3 is 4.57 Å². The summed E-state index contributed by atoms with van der Waals surface area (Å²) >= 11 is 0. The van der Waals surface area contributed by atoms with Gasteiger partial charge in [0.25, 0.3) is 11.8 Å². The molecule has 1 saturated heterocycles. The maximum atomic E-state index is 13.2. The Labute approximate surface area is 207 Å². The summed E-state index contributed by atoms with van der Waals surface area (Å²) in [6.45, 7) is 9.81. The molecule has 0 bridgehead atoms. The topological polar surface area (TPSA) is 48.8 Å². The molecule has 0 aliphatic carbocycles. The van der Waals surface area contributed by atoms with Crippen molar-refractivity contribution in [2.75, 3.05) is 45.8 Å². The number of rotatable bonds is 7. The van der Waals surface area contributed by atoms with E-state index in [0.29, 0.717) is 24.2 Å². The van der Waals surface area contributed by atoms with Gasteiger partial charge in [0, 0.05) is 62.9 Å². The molecule has 2 amide bonds. The molecule has 0 atom stereocenters. The largest absolute Gasteiger partial charge is 0.317 e. The first-order valence-corrected chi connectivity index (χ1v) is 12.3. The highest BCUT2D eigenvalue weighted by atomic mass is 16.2. The number of carbonyl (C=O) groups is 2. The molecule has 6 heteroatoms. The fourth-order valence-electron chi connectivity index (χ4n) is 5.23. The molecule has 6 nitrogen and oxygen atoms in total. The molecule has 180 valence electrons.